The lowest BCUT2D eigenvalue weighted by Crippen LogP contribution is -2.45. The number of carbonyl (C=O) groups is 1. The minimum atomic E-state index is -3.86. The van der Waals surface area contributed by atoms with Crippen molar-refractivity contribution in [3.8, 4) is 0 Å². The Kier molecular flexibility index (Phi) is 7.22. The quantitative estimate of drug-likeness (QED) is 0.667. The van der Waals surface area contributed by atoms with E-state index in [-0.39, 0.29) is 40.6 Å². The maximum Gasteiger partial charge on any atom is 0.263 e. The predicted octanol–water partition coefficient (Wildman–Crippen LogP) is 3.37. The minimum absolute atomic E-state index is 0.0517. The van der Waals surface area contributed by atoms with E-state index in [1.165, 1.54) is 26.5 Å². The molecule has 4 rings (SSSR count). The second-order valence-electron chi connectivity index (χ2n) is 10.6. The molecule has 1 saturated carbocycles. The Morgan fingerprint density at radius 2 is 1.85 bits per heavy atom. The van der Waals surface area contributed by atoms with Gasteiger partial charge in [0.25, 0.3) is 5.56 Å². The molecule has 1 aliphatic heterocycles. The first-order valence-corrected chi connectivity index (χ1v) is 14.5. The number of amides is 1. The Morgan fingerprint density at radius 3 is 2.53 bits per heavy atom. The van der Waals surface area contributed by atoms with Crippen LogP contribution in [0.2, 0.25) is 0 Å². The number of thiophene rings is 1. The summed E-state index contributed by atoms with van der Waals surface area (Å²) in [6, 6.07) is 0.0889. The van der Waals surface area contributed by atoms with Gasteiger partial charge in [0.2, 0.25) is 15.9 Å². The molecule has 0 bridgehead atoms. The number of fused-ring (bicyclic) bond motifs is 1. The fraction of sp³-hybridized carbons (Fsp3) is 0.708. The highest BCUT2D eigenvalue weighted by atomic mass is 32.2. The summed E-state index contributed by atoms with van der Waals surface area (Å²) < 4.78 is 30.1. The third-order valence-electron chi connectivity index (χ3n) is 7.60. The van der Waals surface area contributed by atoms with Crippen LogP contribution in [0.1, 0.15) is 58.3 Å². The van der Waals surface area contributed by atoms with Crippen molar-refractivity contribution in [1.29, 1.82) is 0 Å². The maximum atomic E-state index is 13.7. The number of sulfonamides is 1. The molecule has 34 heavy (non-hydrogen) atoms. The van der Waals surface area contributed by atoms with Crippen LogP contribution in [0.3, 0.4) is 0 Å². The molecular weight excluding hydrogens is 472 g/mol. The van der Waals surface area contributed by atoms with E-state index >= 15 is 0 Å². The molecule has 5 atom stereocenters. The molecule has 2 fully saturated rings. The van der Waals surface area contributed by atoms with Crippen LogP contribution in [0.25, 0.3) is 10.2 Å². The molecular formula is C24H36N4O4S2. The van der Waals surface area contributed by atoms with Gasteiger partial charge in [0, 0.05) is 24.0 Å². The molecule has 0 unspecified atom stereocenters. The van der Waals surface area contributed by atoms with Gasteiger partial charge in [-0.05, 0) is 43.4 Å². The molecule has 3 heterocycles. The van der Waals surface area contributed by atoms with Crippen molar-refractivity contribution >= 4 is 37.5 Å². The number of nitrogens with zero attached hydrogens (tertiary/aromatic N) is 3. The maximum absolute atomic E-state index is 13.7. The van der Waals surface area contributed by atoms with E-state index < -0.39 is 15.6 Å². The third kappa shape index (κ3) is 4.81. The van der Waals surface area contributed by atoms with Gasteiger partial charge in [-0.3, -0.25) is 14.2 Å². The number of hydrogen-bond donors (Lipinski definition) is 1. The van der Waals surface area contributed by atoms with Crippen molar-refractivity contribution in [2.24, 2.45) is 23.7 Å². The van der Waals surface area contributed by atoms with Crippen LogP contribution in [0.15, 0.2) is 16.0 Å². The number of aryl methyl sites for hydroxylation is 1. The molecule has 1 N–H and O–H groups in total. The molecule has 10 heteroatoms. The molecule has 0 radical (unpaired) electrons. The third-order valence-corrected chi connectivity index (χ3v) is 10.7. The number of nitrogens with one attached hydrogen (secondary N) is 1. The topological polar surface area (TPSA) is 101 Å². The first-order valence-electron chi connectivity index (χ1n) is 12.3. The van der Waals surface area contributed by atoms with Crippen molar-refractivity contribution in [2.75, 3.05) is 13.1 Å². The van der Waals surface area contributed by atoms with Crippen molar-refractivity contribution in [3.63, 3.8) is 0 Å². The summed E-state index contributed by atoms with van der Waals surface area (Å²) in [5, 5.41) is 3.18. The van der Waals surface area contributed by atoms with Crippen LogP contribution in [0, 0.1) is 30.6 Å². The number of rotatable bonds is 5. The number of piperidine rings is 1. The van der Waals surface area contributed by atoms with Crippen molar-refractivity contribution < 1.29 is 13.2 Å². The first kappa shape index (κ1) is 25.3. The SMILES string of the molecule is Cc1sc2ncn(CC(=O)N[C@@H]3CCC[C@H](C)[C@@H]3C)c(=O)c2c1S(=O)(=O)N1C[C@H](C)C[C@@H](C)C1. The highest BCUT2D eigenvalue weighted by Crippen LogP contribution is 2.35. The van der Waals surface area contributed by atoms with Gasteiger partial charge in [-0.1, -0.05) is 40.5 Å². The fourth-order valence-corrected chi connectivity index (χ4v) is 9.01. The van der Waals surface area contributed by atoms with E-state index in [1.807, 2.05) is 0 Å². The molecule has 1 aliphatic carbocycles. The monoisotopic (exact) mass is 508 g/mol. The average molecular weight is 509 g/mol. The molecule has 2 aliphatic rings. The van der Waals surface area contributed by atoms with E-state index in [1.54, 1.807) is 6.92 Å². The van der Waals surface area contributed by atoms with Gasteiger partial charge in [-0.25, -0.2) is 13.4 Å². The van der Waals surface area contributed by atoms with E-state index in [4.69, 9.17) is 0 Å². The predicted molar refractivity (Wildman–Crippen MR) is 134 cm³/mol. The standard InChI is InChI=1S/C24H36N4O4S2/c1-14-9-15(2)11-28(10-14)34(31,32)22-18(5)33-23-21(22)24(30)27(13-25-23)12-20(29)26-19-8-6-7-16(3)17(19)4/h13-17,19H,6-12H2,1-5H3,(H,26,29)/t14-,15-,16+,17+,19-/m1/s1. The summed E-state index contributed by atoms with van der Waals surface area (Å²) in [5.74, 6) is 1.19. The smallest absolute Gasteiger partial charge is 0.263 e. The van der Waals surface area contributed by atoms with Gasteiger partial charge in [0.1, 0.15) is 16.3 Å². The highest BCUT2D eigenvalue weighted by Gasteiger charge is 2.36. The summed E-state index contributed by atoms with van der Waals surface area (Å²) >= 11 is 1.21. The van der Waals surface area contributed by atoms with Gasteiger partial charge < -0.3 is 5.32 Å². The number of aromatic nitrogens is 2. The van der Waals surface area contributed by atoms with E-state index in [0.29, 0.717) is 34.6 Å². The number of carbonyl (C=O) groups excluding carboxylic acids is 1. The summed E-state index contributed by atoms with van der Waals surface area (Å²) in [6.07, 6.45) is 5.51. The zero-order chi connectivity index (χ0) is 24.8. The van der Waals surface area contributed by atoms with Crippen LogP contribution in [-0.4, -0.2) is 47.3 Å². The van der Waals surface area contributed by atoms with Gasteiger partial charge >= 0.3 is 0 Å². The summed E-state index contributed by atoms with van der Waals surface area (Å²) in [4.78, 5) is 31.6. The van der Waals surface area contributed by atoms with E-state index in [0.717, 1.165) is 25.7 Å². The van der Waals surface area contributed by atoms with E-state index in [2.05, 4.69) is 38.0 Å². The highest BCUT2D eigenvalue weighted by molar-refractivity contribution is 7.89. The molecule has 8 nitrogen and oxygen atoms in total. The summed E-state index contributed by atoms with van der Waals surface area (Å²) in [7, 11) is -3.86. The largest absolute Gasteiger partial charge is 0.352 e. The van der Waals surface area contributed by atoms with Gasteiger partial charge in [-0.15, -0.1) is 11.3 Å². The molecule has 1 saturated heterocycles. The van der Waals surface area contributed by atoms with Crippen molar-refractivity contribution in [2.45, 2.75) is 77.8 Å². The zero-order valence-corrected chi connectivity index (χ0v) is 22.3. The van der Waals surface area contributed by atoms with Crippen LogP contribution in [-0.2, 0) is 21.4 Å². The lowest BCUT2D eigenvalue weighted by molar-refractivity contribution is -0.123. The second kappa shape index (κ2) is 9.70. The molecule has 1 amide bonds. The lowest BCUT2D eigenvalue weighted by Gasteiger charge is -2.34. The summed E-state index contributed by atoms with van der Waals surface area (Å²) in [6.45, 7) is 10.9. The van der Waals surface area contributed by atoms with Crippen LogP contribution < -0.4 is 10.9 Å². The van der Waals surface area contributed by atoms with Gasteiger partial charge in [0.05, 0.1) is 11.7 Å². The van der Waals surface area contributed by atoms with E-state index in [9.17, 15) is 18.0 Å². The Bertz CT molecular complexity index is 1230. The summed E-state index contributed by atoms with van der Waals surface area (Å²) in [5.41, 5.74) is -0.480. The van der Waals surface area contributed by atoms with Crippen LogP contribution in [0.4, 0.5) is 0 Å². The van der Waals surface area contributed by atoms with Crippen molar-refractivity contribution in [1.82, 2.24) is 19.2 Å². The van der Waals surface area contributed by atoms with Gasteiger partial charge in [-0.2, -0.15) is 4.31 Å². The Hall–Kier alpha value is -1.78. The van der Waals surface area contributed by atoms with Crippen LogP contribution >= 0.6 is 11.3 Å². The first-order chi connectivity index (χ1) is 16.0. The minimum Gasteiger partial charge on any atom is -0.352 e. The Morgan fingerprint density at radius 1 is 1.18 bits per heavy atom. The average Bonchev–Trinajstić information content (AvgIpc) is 3.10. The number of hydrogen-bond acceptors (Lipinski definition) is 6. The molecule has 0 aromatic carbocycles. The molecule has 188 valence electrons. The lowest BCUT2D eigenvalue weighted by atomic mass is 9.78. The fourth-order valence-electron chi connectivity index (χ4n) is 5.66. The van der Waals surface area contributed by atoms with Crippen molar-refractivity contribution in [3.05, 3.63) is 21.6 Å². The van der Waals surface area contributed by atoms with Gasteiger partial charge in [0.15, 0.2) is 0 Å². The molecule has 2 aromatic rings. The molecule has 2 aromatic heterocycles. The molecule has 0 spiro atoms. The zero-order valence-electron chi connectivity index (χ0n) is 20.7. The second-order valence-corrected chi connectivity index (χ2v) is 13.6. The normalized spacial score (nSPS) is 28.8. The van der Waals surface area contributed by atoms with Crippen LogP contribution in [0.5, 0.6) is 0 Å². The Balaban J connectivity index is 1.64. The Labute approximate surface area is 205 Å².